The topological polar surface area (TPSA) is 138 Å². The summed E-state index contributed by atoms with van der Waals surface area (Å²) in [4.78, 5) is 39.1. The molecule has 2 rings (SSSR count). The number of nitrogens with zero attached hydrogens (tertiary/aromatic N) is 3. The zero-order valence-electron chi connectivity index (χ0n) is 10.6. The zero-order chi connectivity index (χ0) is 14.7. The van der Waals surface area contributed by atoms with Gasteiger partial charge in [-0.15, -0.1) is 0 Å². The van der Waals surface area contributed by atoms with Gasteiger partial charge in [-0.3, -0.25) is 9.69 Å². The molecule has 1 aromatic heterocycles. The maximum atomic E-state index is 11.9. The van der Waals surface area contributed by atoms with E-state index < -0.39 is 23.9 Å². The average Bonchev–Trinajstić information content (AvgIpc) is 2.81. The van der Waals surface area contributed by atoms with Gasteiger partial charge in [-0.1, -0.05) is 5.16 Å². The van der Waals surface area contributed by atoms with Gasteiger partial charge in [-0.2, -0.15) is 4.98 Å². The monoisotopic (exact) mass is 283 g/mol. The fourth-order valence-electron chi connectivity index (χ4n) is 1.74. The van der Waals surface area contributed by atoms with Crippen LogP contribution in [-0.2, 0) is 16.1 Å². The maximum absolute atomic E-state index is 11.9. The lowest BCUT2D eigenvalue weighted by atomic mass is 10.2. The lowest BCUT2D eigenvalue weighted by Gasteiger charge is -2.32. The Morgan fingerprint density at radius 2 is 2.35 bits per heavy atom. The minimum Gasteiger partial charge on any atom is -0.480 e. The van der Waals surface area contributed by atoms with E-state index in [2.05, 4.69) is 20.8 Å². The van der Waals surface area contributed by atoms with Crippen LogP contribution in [-0.4, -0.2) is 57.2 Å². The van der Waals surface area contributed by atoms with Crippen LogP contribution in [0.2, 0.25) is 0 Å². The summed E-state index contributed by atoms with van der Waals surface area (Å²) in [7, 11) is 0. The van der Waals surface area contributed by atoms with E-state index in [9.17, 15) is 14.4 Å². The molecule has 1 atom stereocenters. The predicted molar refractivity (Wildman–Crippen MR) is 62.4 cm³/mol. The minimum atomic E-state index is -1.19. The first-order valence-corrected chi connectivity index (χ1v) is 5.80. The van der Waals surface area contributed by atoms with Gasteiger partial charge in [0.25, 0.3) is 0 Å². The van der Waals surface area contributed by atoms with Gasteiger partial charge >= 0.3 is 12.0 Å². The van der Waals surface area contributed by atoms with E-state index in [1.165, 1.54) is 0 Å². The summed E-state index contributed by atoms with van der Waals surface area (Å²) in [5, 5.41) is 17.4. The summed E-state index contributed by atoms with van der Waals surface area (Å²) in [5.41, 5.74) is 0. The van der Waals surface area contributed by atoms with Crippen LogP contribution < -0.4 is 10.6 Å². The second-order valence-electron chi connectivity index (χ2n) is 4.18. The summed E-state index contributed by atoms with van der Waals surface area (Å²) in [6.45, 7) is 1.15. The molecule has 1 aliphatic heterocycles. The number of hydrogen-bond acceptors (Lipinski definition) is 6. The number of aromatic nitrogens is 2. The molecule has 10 nitrogen and oxygen atoms in total. The van der Waals surface area contributed by atoms with Gasteiger partial charge in [-0.25, -0.2) is 9.59 Å². The first kappa shape index (κ1) is 13.8. The number of hydrogen-bond donors (Lipinski definition) is 3. The van der Waals surface area contributed by atoms with Crippen LogP contribution >= 0.6 is 0 Å². The molecule has 0 radical (unpaired) electrons. The summed E-state index contributed by atoms with van der Waals surface area (Å²) in [5.74, 6) is -0.973. The molecule has 0 aliphatic carbocycles. The summed E-state index contributed by atoms with van der Waals surface area (Å²) < 4.78 is 4.81. The first-order valence-electron chi connectivity index (χ1n) is 5.80. The van der Waals surface area contributed by atoms with Gasteiger partial charge < -0.3 is 20.3 Å². The Balaban J connectivity index is 1.98. The number of carboxylic acids is 1. The molecular weight excluding hydrogens is 270 g/mol. The second-order valence-corrected chi connectivity index (χ2v) is 4.18. The summed E-state index contributed by atoms with van der Waals surface area (Å²) >= 11 is 0. The molecule has 0 bridgehead atoms. The van der Waals surface area contributed by atoms with Gasteiger partial charge in [0.15, 0.2) is 5.82 Å². The number of amides is 3. The Bertz CT molecular complexity index is 542. The quantitative estimate of drug-likeness (QED) is 0.612. The lowest BCUT2D eigenvalue weighted by molar-refractivity contribution is -0.144. The fourth-order valence-corrected chi connectivity index (χ4v) is 1.74. The molecule has 1 fully saturated rings. The van der Waals surface area contributed by atoms with Crippen LogP contribution in [0.25, 0.3) is 0 Å². The number of carbonyl (C=O) groups is 3. The van der Waals surface area contributed by atoms with Crippen molar-refractivity contribution < 1.29 is 24.0 Å². The normalized spacial score (nSPS) is 18.6. The zero-order valence-corrected chi connectivity index (χ0v) is 10.6. The van der Waals surface area contributed by atoms with Crippen LogP contribution in [0.5, 0.6) is 0 Å². The third-order valence-corrected chi connectivity index (χ3v) is 2.69. The molecule has 1 aromatic rings. The highest BCUT2D eigenvalue weighted by Crippen LogP contribution is 2.05. The number of rotatable bonds is 3. The maximum Gasteiger partial charge on any atom is 0.328 e. The van der Waals surface area contributed by atoms with Gasteiger partial charge in [0.05, 0.1) is 6.54 Å². The molecule has 3 N–H and O–H groups in total. The fraction of sp³-hybridized carbons (Fsp3) is 0.500. The van der Waals surface area contributed by atoms with Gasteiger partial charge in [-0.05, 0) is 6.92 Å². The molecule has 0 saturated carbocycles. The van der Waals surface area contributed by atoms with Crippen molar-refractivity contribution in [2.75, 3.05) is 13.1 Å². The largest absolute Gasteiger partial charge is 0.480 e. The molecule has 108 valence electrons. The second kappa shape index (κ2) is 5.55. The van der Waals surface area contributed by atoms with Crippen LogP contribution in [0.3, 0.4) is 0 Å². The first-order chi connectivity index (χ1) is 9.47. The summed E-state index contributed by atoms with van der Waals surface area (Å²) in [6.07, 6.45) is 0. The summed E-state index contributed by atoms with van der Waals surface area (Å²) in [6, 6.07) is -1.78. The number of piperazine rings is 1. The number of urea groups is 1. The third-order valence-electron chi connectivity index (χ3n) is 2.69. The van der Waals surface area contributed by atoms with Crippen LogP contribution in [0.4, 0.5) is 4.79 Å². The van der Waals surface area contributed by atoms with Crippen molar-refractivity contribution in [1.82, 2.24) is 25.7 Å². The highest BCUT2D eigenvalue weighted by molar-refractivity contribution is 5.90. The predicted octanol–water partition coefficient (Wildman–Crippen LogP) is -1.53. The van der Waals surface area contributed by atoms with Crippen LogP contribution in [0.15, 0.2) is 4.52 Å². The Labute approximate surface area is 113 Å². The van der Waals surface area contributed by atoms with Gasteiger partial charge in [0.1, 0.15) is 12.6 Å². The molecule has 1 unspecified atom stereocenters. The number of aryl methyl sites for hydroxylation is 1. The van der Waals surface area contributed by atoms with E-state index in [0.29, 0.717) is 5.82 Å². The number of carboxylic acid groups (broad SMARTS) is 1. The molecule has 1 aliphatic rings. The van der Waals surface area contributed by atoms with Gasteiger partial charge in [0, 0.05) is 6.54 Å². The minimum absolute atomic E-state index is 0.0376. The van der Waals surface area contributed by atoms with Crippen molar-refractivity contribution in [3.05, 3.63) is 11.7 Å². The van der Waals surface area contributed by atoms with Crippen molar-refractivity contribution in [2.24, 2.45) is 0 Å². The molecule has 3 amide bonds. The van der Waals surface area contributed by atoms with Crippen LogP contribution in [0.1, 0.15) is 11.7 Å². The van der Waals surface area contributed by atoms with E-state index >= 15 is 0 Å². The van der Waals surface area contributed by atoms with Crippen LogP contribution in [0, 0.1) is 6.92 Å². The van der Waals surface area contributed by atoms with Gasteiger partial charge in [0.2, 0.25) is 11.8 Å². The van der Waals surface area contributed by atoms with E-state index in [-0.39, 0.29) is 25.5 Å². The van der Waals surface area contributed by atoms with Crippen molar-refractivity contribution in [3.8, 4) is 0 Å². The van der Waals surface area contributed by atoms with Crippen molar-refractivity contribution >= 4 is 17.9 Å². The van der Waals surface area contributed by atoms with E-state index in [4.69, 9.17) is 9.63 Å². The van der Waals surface area contributed by atoms with Crippen molar-refractivity contribution in [2.45, 2.75) is 19.5 Å². The number of nitrogens with one attached hydrogen (secondary N) is 2. The molecule has 1 saturated heterocycles. The van der Waals surface area contributed by atoms with E-state index in [0.717, 1.165) is 4.90 Å². The average molecular weight is 283 g/mol. The third kappa shape index (κ3) is 3.02. The van der Waals surface area contributed by atoms with E-state index in [1.807, 2.05) is 0 Å². The van der Waals surface area contributed by atoms with Crippen molar-refractivity contribution in [3.63, 3.8) is 0 Å². The van der Waals surface area contributed by atoms with E-state index in [1.54, 1.807) is 6.92 Å². The highest BCUT2D eigenvalue weighted by Gasteiger charge is 2.35. The molecular formula is C10H13N5O5. The highest BCUT2D eigenvalue weighted by atomic mass is 16.5. The lowest BCUT2D eigenvalue weighted by Crippen LogP contribution is -2.61. The number of carbonyl (C=O) groups excluding carboxylic acids is 2. The molecule has 2 heterocycles. The van der Waals surface area contributed by atoms with Crippen molar-refractivity contribution in [1.29, 1.82) is 0 Å². The number of aliphatic carboxylic acids is 1. The molecule has 0 aromatic carbocycles. The Kier molecular flexibility index (Phi) is 3.82. The molecule has 0 spiro atoms. The molecule has 20 heavy (non-hydrogen) atoms. The Morgan fingerprint density at radius 1 is 1.60 bits per heavy atom. The molecule has 10 heteroatoms. The Hall–Kier alpha value is -2.65. The standard InChI is InChI=1S/C10H13N5O5/c1-5-13-8(20-14-5)3-12-10(19)15-4-7(16)11-2-6(15)9(17)18/h6H,2-4H2,1H3,(H,11,16)(H,12,19)(H,17,18). The Morgan fingerprint density at radius 3 is 2.95 bits per heavy atom. The SMILES string of the molecule is Cc1noc(CNC(=O)N2CC(=O)NCC2C(=O)O)n1. The smallest absolute Gasteiger partial charge is 0.328 e.